The van der Waals surface area contributed by atoms with Crippen LogP contribution in [0.5, 0.6) is 0 Å². The Hall–Kier alpha value is -2.68. The summed E-state index contributed by atoms with van der Waals surface area (Å²) in [6.07, 6.45) is 3.33. The standard InChI is InChI=1S/C21H31N3O6/c1-16-8-6-13-23(16)20(25)17(2)22-19(12-11-18-9-4-3-5-10-18)21(26)29-14-7-15-30-24(27)28/h3-5,9-10,16-17,19,22H,6-8,11-15H2,1-2H3. The number of carbonyl (C=O) groups is 2. The normalized spacial score (nSPS) is 17.9. The van der Waals surface area contributed by atoms with E-state index in [0.717, 1.165) is 24.9 Å². The fraction of sp³-hybridized carbons (Fsp3) is 0.619. The number of carbonyl (C=O) groups excluding carboxylic acids is 2. The molecule has 1 aliphatic rings. The van der Waals surface area contributed by atoms with Crippen molar-refractivity contribution in [3.63, 3.8) is 0 Å². The molecule has 1 fully saturated rings. The SMILES string of the molecule is CC(NC(CCc1ccccc1)C(=O)OCCCO[N+](=O)[O-])C(=O)N1CCCC1C. The maximum Gasteiger partial charge on any atom is 0.323 e. The molecule has 1 aromatic carbocycles. The summed E-state index contributed by atoms with van der Waals surface area (Å²) >= 11 is 0. The number of nitrogens with one attached hydrogen (secondary N) is 1. The third kappa shape index (κ3) is 7.62. The molecule has 0 saturated carbocycles. The first kappa shape index (κ1) is 23.6. The first-order valence-electron chi connectivity index (χ1n) is 10.4. The van der Waals surface area contributed by atoms with E-state index in [1.54, 1.807) is 6.92 Å². The van der Waals surface area contributed by atoms with Gasteiger partial charge in [0.15, 0.2) is 0 Å². The van der Waals surface area contributed by atoms with E-state index in [0.29, 0.717) is 12.8 Å². The molecule has 0 radical (unpaired) electrons. The minimum Gasteiger partial charge on any atom is -0.464 e. The first-order chi connectivity index (χ1) is 14.4. The van der Waals surface area contributed by atoms with Gasteiger partial charge in [0, 0.05) is 19.0 Å². The highest BCUT2D eigenvalue weighted by molar-refractivity contribution is 5.83. The lowest BCUT2D eigenvalue weighted by molar-refractivity contribution is -0.757. The zero-order valence-corrected chi connectivity index (χ0v) is 17.6. The Morgan fingerprint density at radius 3 is 2.67 bits per heavy atom. The second-order valence-corrected chi connectivity index (χ2v) is 7.57. The fourth-order valence-corrected chi connectivity index (χ4v) is 3.58. The molecule has 2 rings (SSSR count). The van der Waals surface area contributed by atoms with Gasteiger partial charge < -0.3 is 14.5 Å². The van der Waals surface area contributed by atoms with E-state index in [1.807, 2.05) is 42.2 Å². The van der Waals surface area contributed by atoms with Gasteiger partial charge in [-0.25, -0.2) is 0 Å². The fourth-order valence-electron chi connectivity index (χ4n) is 3.58. The third-order valence-corrected chi connectivity index (χ3v) is 5.24. The number of likely N-dealkylation sites (tertiary alicyclic amines) is 1. The number of benzene rings is 1. The lowest BCUT2D eigenvalue weighted by Gasteiger charge is -2.28. The van der Waals surface area contributed by atoms with Crippen LogP contribution < -0.4 is 5.32 Å². The number of hydrogen-bond acceptors (Lipinski definition) is 7. The average Bonchev–Trinajstić information content (AvgIpc) is 3.16. The van der Waals surface area contributed by atoms with Crippen LogP contribution in [0.25, 0.3) is 0 Å². The number of ether oxygens (including phenoxy) is 1. The van der Waals surface area contributed by atoms with Crippen LogP contribution in [0.1, 0.15) is 45.1 Å². The van der Waals surface area contributed by atoms with Gasteiger partial charge in [-0.3, -0.25) is 14.9 Å². The highest BCUT2D eigenvalue weighted by atomic mass is 16.9. The number of rotatable bonds is 12. The molecular formula is C21H31N3O6. The zero-order chi connectivity index (χ0) is 21.9. The summed E-state index contributed by atoms with van der Waals surface area (Å²) in [5.41, 5.74) is 1.09. The Labute approximate surface area is 176 Å². The van der Waals surface area contributed by atoms with Crippen LogP contribution in [-0.2, 0) is 25.6 Å². The van der Waals surface area contributed by atoms with Gasteiger partial charge in [0.05, 0.1) is 19.3 Å². The van der Waals surface area contributed by atoms with Gasteiger partial charge in [-0.1, -0.05) is 30.3 Å². The van der Waals surface area contributed by atoms with Crippen molar-refractivity contribution in [3.8, 4) is 0 Å². The monoisotopic (exact) mass is 421 g/mol. The van der Waals surface area contributed by atoms with Crippen molar-refractivity contribution in [2.45, 2.75) is 64.1 Å². The Balaban J connectivity index is 1.92. The van der Waals surface area contributed by atoms with Crippen LogP contribution in [0.4, 0.5) is 0 Å². The average molecular weight is 421 g/mol. The lowest BCUT2D eigenvalue weighted by atomic mass is 10.0. The van der Waals surface area contributed by atoms with Crippen molar-refractivity contribution in [1.82, 2.24) is 10.2 Å². The maximum atomic E-state index is 12.8. The smallest absolute Gasteiger partial charge is 0.323 e. The molecule has 0 aliphatic carbocycles. The van der Waals surface area contributed by atoms with Gasteiger partial charge in [0.2, 0.25) is 5.91 Å². The van der Waals surface area contributed by atoms with Crippen LogP contribution in [0.15, 0.2) is 30.3 Å². The number of nitrogens with zero attached hydrogens (tertiary/aromatic N) is 2. The predicted molar refractivity (Wildman–Crippen MR) is 110 cm³/mol. The Kier molecular flexibility index (Phi) is 9.53. The minimum atomic E-state index is -0.876. The van der Waals surface area contributed by atoms with Gasteiger partial charge in [0.25, 0.3) is 5.09 Å². The molecule has 1 saturated heterocycles. The molecule has 3 unspecified atom stereocenters. The van der Waals surface area contributed by atoms with Gasteiger partial charge in [-0.15, -0.1) is 10.1 Å². The van der Waals surface area contributed by atoms with Crippen LogP contribution in [0, 0.1) is 10.1 Å². The van der Waals surface area contributed by atoms with Gasteiger partial charge in [-0.05, 0) is 45.1 Å². The molecule has 1 aliphatic heterocycles. The van der Waals surface area contributed by atoms with E-state index in [2.05, 4.69) is 10.2 Å². The van der Waals surface area contributed by atoms with Crippen molar-refractivity contribution in [1.29, 1.82) is 0 Å². The van der Waals surface area contributed by atoms with Crippen molar-refractivity contribution < 1.29 is 24.3 Å². The second-order valence-electron chi connectivity index (χ2n) is 7.57. The molecule has 3 atom stereocenters. The highest BCUT2D eigenvalue weighted by Gasteiger charge is 2.31. The van der Waals surface area contributed by atoms with E-state index in [1.165, 1.54) is 0 Å². The van der Waals surface area contributed by atoms with Crippen molar-refractivity contribution >= 4 is 11.9 Å². The van der Waals surface area contributed by atoms with E-state index in [-0.39, 0.29) is 31.6 Å². The number of esters is 1. The molecule has 9 heteroatoms. The molecule has 1 heterocycles. The second kappa shape index (κ2) is 12.1. The quantitative estimate of drug-likeness (QED) is 0.238. The molecule has 0 spiro atoms. The minimum absolute atomic E-state index is 0.0156. The van der Waals surface area contributed by atoms with Crippen LogP contribution in [0.2, 0.25) is 0 Å². The third-order valence-electron chi connectivity index (χ3n) is 5.24. The molecule has 0 bridgehead atoms. The van der Waals surface area contributed by atoms with Gasteiger partial charge >= 0.3 is 5.97 Å². The number of aryl methyl sites for hydroxylation is 1. The summed E-state index contributed by atoms with van der Waals surface area (Å²) < 4.78 is 5.27. The summed E-state index contributed by atoms with van der Waals surface area (Å²) in [5.74, 6) is -0.488. The Morgan fingerprint density at radius 1 is 1.30 bits per heavy atom. The highest BCUT2D eigenvalue weighted by Crippen LogP contribution is 2.18. The molecule has 166 valence electrons. The topological polar surface area (TPSA) is 111 Å². The van der Waals surface area contributed by atoms with E-state index in [4.69, 9.17) is 4.74 Å². The van der Waals surface area contributed by atoms with Gasteiger partial charge in [0.1, 0.15) is 6.04 Å². The van der Waals surface area contributed by atoms with E-state index in [9.17, 15) is 19.7 Å². The first-order valence-corrected chi connectivity index (χ1v) is 10.4. The van der Waals surface area contributed by atoms with E-state index < -0.39 is 23.1 Å². The van der Waals surface area contributed by atoms with Crippen molar-refractivity contribution in [3.05, 3.63) is 46.0 Å². The molecule has 1 aromatic rings. The summed E-state index contributed by atoms with van der Waals surface area (Å²) in [6.45, 7) is 4.42. The molecule has 30 heavy (non-hydrogen) atoms. The predicted octanol–water partition coefficient (Wildman–Crippen LogP) is 2.12. The Bertz CT molecular complexity index is 699. The van der Waals surface area contributed by atoms with Gasteiger partial charge in [-0.2, -0.15) is 0 Å². The number of hydrogen-bond donors (Lipinski definition) is 1. The number of amides is 1. The largest absolute Gasteiger partial charge is 0.464 e. The molecule has 9 nitrogen and oxygen atoms in total. The molecule has 1 N–H and O–H groups in total. The maximum absolute atomic E-state index is 12.8. The van der Waals surface area contributed by atoms with Crippen LogP contribution in [-0.4, -0.2) is 59.7 Å². The molecular weight excluding hydrogens is 390 g/mol. The van der Waals surface area contributed by atoms with E-state index >= 15 is 0 Å². The zero-order valence-electron chi connectivity index (χ0n) is 17.6. The summed E-state index contributed by atoms with van der Waals surface area (Å²) in [5, 5.41) is 12.4. The lowest BCUT2D eigenvalue weighted by Crippen LogP contribution is -2.51. The van der Waals surface area contributed by atoms with Crippen LogP contribution >= 0.6 is 0 Å². The molecule has 0 aromatic heterocycles. The van der Waals surface area contributed by atoms with Crippen molar-refractivity contribution in [2.75, 3.05) is 19.8 Å². The van der Waals surface area contributed by atoms with Crippen molar-refractivity contribution in [2.24, 2.45) is 0 Å². The summed E-state index contributed by atoms with van der Waals surface area (Å²) in [7, 11) is 0. The summed E-state index contributed by atoms with van der Waals surface area (Å²) in [4.78, 5) is 41.6. The Morgan fingerprint density at radius 2 is 2.03 bits per heavy atom. The van der Waals surface area contributed by atoms with Crippen LogP contribution in [0.3, 0.4) is 0 Å². The summed E-state index contributed by atoms with van der Waals surface area (Å²) in [6, 6.07) is 8.81. The molecule has 1 amide bonds.